The number of aryl methyl sites for hydroxylation is 1. The zero-order valence-corrected chi connectivity index (χ0v) is 22.5. The smallest absolute Gasteiger partial charge is 0.233 e. The molecule has 7 heteroatoms. The third-order valence-electron chi connectivity index (χ3n) is 6.58. The summed E-state index contributed by atoms with van der Waals surface area (Å²) in [4.78, 5) is 26.7. The van der Waals surface area contributed by atoms with E-state index < -0.39 is 6.04 Å². The van der Waals surface area contributed by atoms with Crippen molar-refractivity contribution in [1.82, 2.24) is 14.8 Å². The Morgan fingerprint density at radius 3 is 2.74 bits per heavy atom. The van der Waals surface area contributed by atoms with Gasteiger partial charge in [-0.05, 0) is 72.0 Å². The molecule has 1 aliphatic carbocycles. The number of nitrogens with one attached hydrogen (secondary N) is 1. The number of thioether (sulfide) groups is 1. The van der Waals surface area contributed by atoms with Crippen molar-refractivity contribution in [2.45, 2.75) is 69.5 Å². The first-order valence-electron chi connectivity index (χ1n) is 12.9. The van der Waals surface area contributed by atoms with Crippen LogP contribution in [0, 0.1) is 0 Å². The quantitative estimate of drug-likeness (QED) is 0.290. The average Bonchev–Trinajstić information content (AvgIpc) is 3.06. The van der Waals surface area contributed by atoms with Crippen LogP contribution in [-0.4, -0.2) is 60.3 Å². The highest BCUT2D eigenvalue weighted by molar-refractivity contribution is 8.00. The van der Waals surface area contributed by atoms with Gasteiger partial charge in [-0.15, -0.1) is 0 Å². The Morgan fingerprint density at radius 1 is 1.26 bits per heavy atom. The molecule has 0 bridgehead atoms. The van der Waals surface area contributed by atoms with Crippen LogP contribution in [0.25, 0.3) is 10.9 Å². The van der Waals surface area contributed by atoms with Gasteiger partial charge >= 0.3 is 0 Å². The molecule has 1 aliphatic heterocycles. The van der Waals surface area contributed by atoms with Crippen molar-refractivity contribution in [3.63, 3.8) is 0 Å². The number of para-hydroxylation sites is 1. The van der Waals surface area contributed by atoms with E-state index in [0.29, 0.717) is 18.4 Å². The number of hydrogen-bond donors (Lipinski definition) is 1. The maximum Gasteiger partial charge on any atom is 0.233 e. The van der Waals surface area contributed by atoms with E-state index in [1.165, 1.54) is 18.4 Å². The number of benzene rings is 1. The fourth-order valence-corrected chi connectivity index (χ4v) is 5.86. The topological polar surface area (TPSA) is 63.6 Å². The SMILES string of the molecule is CNCCCOC(C)C.Cn1c2c(c3ccccc31)C(C=O)N(CCC1=CCCCC1)C(=O)CS2. The Morgan fingerprint density at radius 2 is 2.06 bits per heavy atom. The number of allylic oxidation sites excluding steroid dienone is 1. The average molecular weight is 500 g/mol. The molecule has 1 unspecified atom stereocenters. The van der Waals surface area contributed by atoms with Crippen molar-refractivity contribution >= 4 is 34.9 Å². The lowest BCUT2D eigenvalue weighted by atomic mass is 9.96. The van der Waals surface area contributed by atoms with Crippen molar-refractivity contribution in [2.75, 3.05) is 32.5 Å². The molecule has 6 nitrogen and oxygen atoms in total. The number of amides is 1. The summed E-state index contributed by atoms with van der Waals surface area (Å²) in [5.41, 5.74) is 3.54. The van der Waals surface area contributed by atoms with E-state index in [1.54, 1.807) is 16.7 Å². The first-order chi connectivity index (χ1) is 17.0. The molecule has 0 radical (unpaired) electrons. The second-order valence-electron chi connectivity index (χ2n) is 9.49. The minimum absolute atomic E-state index is 0.0591. The molecule has 1 amide bonds. The van der Waals surface area contributed by atoms with Crippen LogP contribution in [0.3, 0.4) is 0 Å². The van der Waals surface area contributed by atoms with Crippen LogP contribution in [0.15, 0.2) is 40.9 Å². The number of fused-ring (bicyclic) bond motifs is 3. The first kappa shape index (κ1) is 27.5. The molecule has 1 N–H and O–H groups in total. The van der Waals surface area contributed by atoms with Gasteiger partial charge in [-0.3, -0.25) is 4.79 Å². The van der Waals surface area contributed by atoms with Gasteiger partial charge in [-0.2, -0.15) is 0 Å². The molecule has 0 saturated carbocycles. The van der Waals surface area contributed by atoms with Crippen molar-refractivity contribution in [3.8, 4) is 0 Å². The largest absolute Gasteiger partial charge is 0.379 e. The van der Waals surface area contributed by atoms with Gasteiger partial charge in [0.15, 0.2) is 0 Å². The lowest BCUT2D eigenvalue weighted by Crippen LogP contribution is -2.36. The second-order valence-corrected chi connectivity index (χ2v) is 10.5. The second kappa shape index (κ2) is 13.9. The number of ether oxygens (including phenoxy) is 1. The summed E-state index contributed by atoms with van der Waals surface area (Å²) >= 11 is 1.55. The van der Waals surface area contributed by atoms with E-state index in [4.69, 9.17) is 4.74 Å². The van der Waals surface area contributed by atoms with Crippen LogP contribution >= 0.6 is 11.8 Å². The van der Waals surface area contributed by atoms with E-state index in [-0.39, 0.29) is 5.91 Å². The van der Waals surface area contributed by atoms with Gasteiger partial charge in [0, 0.05) is 36.7 Å². The van der Waals surface area contributed by atoms with Crippen molar-refractivity contribution in [1.29, 1.82) is 0 Å². The summed E-state index contributed by atoms with van der Waals surface area (Å²) in [7, 11) is 3.97. The van der Waals surface area contributed by atoms with Gasteiger partial charge in [0.25, 0.3) is 0 Å². The number of carbonyl (C=O) groups excluding carboxylic acids is 2. The minimum Gasteiger partial charge on any atom is -0.379 e. The lowest BCUT2D eigenvalue weighted by Gasteiger charge is -2.27. The Kier molecular flexibility index (Phi) is 10.9. The molecule has 4 rings (SSSR count). The molecule has 1 atom stereocenters. The highest BCUT2D eigenvalue weighted by Gasteiger charge is 2.34. The molecule has 2 heterocycles. The summed E-state index contributed by atoms with van der Waals surface area (Å²) in [6.45, 7) is 6.65. The van der Waals surface area contributed by atoms with Crippen LogP contribution in [0.5, 0.6) is 0 Å². The van der Waals surface area contributed by atoms with Crippen molar-refractivity contribution < 1.29 is 14.3 Å². The molecule has 1 aromatic heterocycles. The fraction of sp³-hybridized carbons (Fsp3) is 0.571. The van der Waals surface area contributed by atoms with Gasteiger partial charge < -0.3 is 24.3 Å². The molecule has 0 saturated heterocycles. The van der Waals surface area contributed by atoms with Crippen molar-refractivity contribution in [2.24, 2.45) is 7.05 Å². The van der Waals surface area contributed by atoms with Gasteiger partial charge in [0.2, 0.25) is 5.91 Å². The number of aldehydes is 1. The summed E-state index contributed by atoms with van der Waals surface area (Å²) in [5, 5.41) is 5.17. The fourth-order valence-electron chi connectivity index (χ4n) is 4.75. The number of hydrogen-bond acceptors (Lipinski definition) is 5. The zero-order chi connectivity index (χ0) is 25.2. The van der Waals surface area contributed by atoms with E-state index in [1.807, 2.05) is 26.2 Å². The van der Waals surface area contributed by atoms with Crippen LogP contribution in [0.4, 0.5) is 0 Å². The van der Waals surface area contributed by atoms with E-state index in [2.05, 4.69) is 41.9 Å². The highest BCUT2D eigenvalue weighted by atomic mass is 32.2. The van der Waals surface area contributed by atoms with Crippen LogP contribution in [0.1, 0.15) is 64.0 Å². The third-order valence-corrected chi connectivity index (χ3v) is 7.74. The number of rotatable bonds is 9. The van der Waals surface area contributed by atoms with Gasteiger partial charge in [-0.25, -0.2) is 0 Å². The first-order valence-corrected chi connectivity index (χ1v) is 13.9. The summed E-state index contributed by atoms with van der Waals surface area (Å²) in [5.74, 6) is 0.448. The van der Waals surface area contributed by atoms with Crippen LogP contribution in [0.2, 0.25) is 0 Å². The molecular weight excluding hydrogens is 458 g/mol. The lowest BCUT2D eigenvalue weighted by molar-refractivity contribution is -0.134. The molecule has 1 aromatic carbocycles. The van der Waals surface area contributed by atoms with Crippen molar-refractivity contribution in [3.05, 3.63) is 41.5 Å². The van der Waals surface area contributed by atoms with E-state index in [0.717, 1.165) is 66.6 Å². The normalized spacial score (nSPS) is 18.1. The number of carbonyl (C=O) groups is 2. The van der Waals surface area contributed by atoms with Gasteiger partial charge in [-0.1, -0.05) is 41.6 Å². The Hall–Kier alpha value is -2.09. The van der Waals surface area contributed by atoms with Crippen LogP contribution in [-0.2, 0) is 21.4 Å². The maximum absolute atomic E-state index is 12.8. The minimum atomic E-state index is -0.497. The molecule has 0 fully saturated rings. The van der Waals surface area contributed by atoms with Gasteiger partial charge in [0.05, 0.1) is 16.9 Å². The summed E-state index contributed by atoms with van der Waals surface area (Å²) in [6.07, 6.45) is 10.4. The van der Waals surface area contributed by atoms with E-state index in [9.17, 15) is 9.59 Å². The predicted octanol–water partition coefficient (Wildman–Crippen LogP) is 5.26. The van der Waals surface area contributed by atoms with Crippen LogP contribution < -0.4 is 5.32 Å². The molecular formula is C28H41N3O3S. The summed E-state index contributed by atoms with van der Waals surface area (Å²) in [6, 6.07) is 7.65. The highest BCUT2D eigenvalue weighted by Crippen LogP contribution is 2.41. The zero-order valence-electron chi connectivity index (χ0n) is 21.7. The molecule has 2 aromatic rings. The molecule has 35 heavy (non-hydrogen) atoms. The monoisotopic (exact) mass is 499 g/mol. The molecule has 192 valence electrons. The Bertz CT molecular complexity index is 1010. The standard InChI is InChI=1S/C21H24N2O2S.C7H17NO/c1-22-17-10-6-5-9-16(17)20-18(13-24)23(19(25)14-26-21(20)22)12-11-15-7-3-2-4-8-15;1-7(2)9-6-4-5-8-3/h5-7,9-10,13,18H,2-4,8,11-12,14H2,1H3;7-8H,4-6H2,1-3H3. The molecule has 0 spiro atoms. The van der Waals surface area contributed by atoms with E-state index >= 15 is 0 Å². The number of aromatic nitrogens is 1. The Balaban J connectivity index is 0.000000327. The Labute approximate surface area is 214 Å². The number of nitrogens with zero attached hydrogens (tertiary/aromatic N) is 2. The maximum atomic E-state index is 12.8. The third kappa shape index (κ3) is 7.21. The summed E-state index contributed by atoms with van der Waals surface area (Å²) < 4.78 is 7.42. The predicted molar refractivity (Wildman–Crippen MR) is 145 cm³/mol. The molecule has 2 aliphatic rings. The van der Waals surface area contributed by atoms with Gasteiger partial charge in [0.1, 0.15) is 12.3 Å².